The minimum atomic E-state index is -0.244. The second-order valence-corrected chi connectivity index (χ2v) is 11.0. The molecule has 0 bridgehead atoms. The van der Waals surface area contributed by atoms with Gasteiger partial charge in [-0.05, 0) is 50.5 Å². The highest BCUT2D eigenvalue weighted by atomic mass is 35.5. The highest BCUT2D eigenvalue weighted by Crippen LogP contribution is 2.37. The number of nitriles is 1. The number of hydrogen-bond acceptors (Lipinski definition) is 6. The van der Waals surface area contributed by atoms with Crippen molar-refractivity contribution in [3.8, 4) is 17.3 Å². The lowest BCUT2D eigenvalue weighted by atomic mass is 9.83. The van der Waals surface area contributed by atoms with Crippen LogP contribution in [0.2, 0.25) is 5.02 Å². The minimum Gasteiger partial charge on any atom is -0.344 e. The molecule has 0 N–H and O–H groups in total. The van der Waals surface area contributed by atoms with Crippen LogP contribution in [0, 0.1) is 23.2 Å². The molecular weight excluding hydrogens is 486 g/mol. The van der Waals surface area contributed by atoms with Crippen LogP contribution in [-0.2, 0) is 11.3 Å². The van der Waals surface area contributed by atoms with Gasteiger partial charge in [0.25, 0.3) is 0 Å². The van der Waals surface area contributed by atoms with E-state index < -0.39 is 0 Å². The molecule has 5 rings (SSSR count). The van der Waals surface area contributed by atoms with E-state index in [4.69, 9.17) is 21.6 Å². The van der Waals surface area contributed by atoms with Crippen LogP contribution in [0.25, 0.3) is 22.3 Å². The van der Waals surface area contributed by atoms with Crippen LogP contribution in [0.1, 0.15) is 58.1 Å². The van der Waals surface area contributed by atoms with Crippen LogP contribution in [0.3, 0.4) is 0 Å². The number of rotatable bonds is 6. The minimum absolute atomic E-state index is 0.125. The van der Waals surface area contributed by atoms with Gasteiger partial charge in [-0.3, -0.25) is 9.78 Å². The first kappa shape index (κ1) is 25.5. The van der Waals surface area contributed by atoms with E-state index in [9.17, 15) is 10.1 Å². The molecule has 194 valence electrons. The second kappa shape index (κ2) is 10.7. The van der Waals surface area contributed by atoms with E-state index in [0.717, 1.165) is 48.9 Å². The summed E-state index contributed by atoms with van der Waals surface area (Å²) in [5.74, 6) is 2.19. The van der Waals surface area contributed by atoms with Crippen molar-refractivity contribution >= 4 is 34.5 Å². The zero-order chi connectivity index (χ0) is 26.1. The number of amides is 1. The molecule has 0 aromatic carbocycles. The summed E-state index contributed by atoms with van der Waals surface area (Å²) in [4.78, 5) is 31.4. The van der Waals surface area contributed by atoms with Gasteiger partial charge in [0.05, 0.1) is 21.7 Å². The number of halogens is 1. The molecule has 0 radical (unpaired) electrons. The third-order valence-corrected chi connectivity index (χ3v) is 8.23. The number of pyridine rings is 2. The van der Waals surface area contributed by atoms with Crippen molar-refractivity contribution in [3.63, 3.8) is 0 Å². The van der Waals surface area contributed by atoms with E-state index >= 15 is 0 Å². The Morgan fingerprint density at radius 3 is 2.68 bits per heavy atom. The third-order valence-electron chi connectivity index (χ3n) is 8.02. The average molecular weight is 520 g/mol. The number of nitrogens with zero attached hydrogens (tertiary/aromatic N) is 7. The maximum atomic E-state index is 13.3. The fraction of sp³-hybridized carbons (Fsp3) is 0.536. The normalized spacial score (nSPS) is 21.8. The van der Waals surface area contributed by atoms with Crippen molar-refractivity contribution in [1.29, 1.82) is 5.26 Å². The van der Waals surface area contributed by atoms with Crippen molar-refractivity contribution in [1.82, 2.24) is 24.4 Å². The van der Waals surface area contributed by atoms with E-state index in [-0.39, 0.29) is 11.9 Å². The van der Waals surface area contributed by atoms with Gasteiger partial charge in [0.1, 0.15) is 17.8 Å². The molecule has 1 aliphatic heterocycles. The standard InChI is InChI=1S/C28H34ClN7O/c1-4-34(3)27(37)24-6-5-11-35(24)28-33-23-13-22(14-30)32-25(20-12-21(29)16-31-15-20)26(23)36(28)17-19-9-7-18(2)8-10-19/h12-13,15-16,18-19,24H,4-11,17H2,1-3H3/t18-,19-,24-/m0/s1. The fourth-order valence-corrected chi connectivity index (χ4v) is 5.95. The summed E-state index contributed by atoms with van der Waals surface area (Å²) in [7, 11) is 1.86. The number of carbonyl (C=O) groups is 1. The lowest BCUT2D eigenvalue weighted by Crippen LogP contribution is -2.45. The Morgan fingerprint density at radius 2 is 1.97 bits per heavy atom. The van der Waals surface area contributed by atoms with E-state index in [1.807, 2.05) is 20.0 Å². The number of fused-ring (bicyclic) bond motifs is 1. The molecule has 4 heterocycles. The van der Waals surface area contributed by atoms with Crippen LogP contribution in [0.4, 0.5) is 5.95 Å². The van der Waals surface area contributed by atoms with Gasteiger partial charge in [-0.25, -0.2) is 9.97 Å². The summed E-state index contributed by atoms with van der Waals surface area (Å²) in [6.07, 6.45) is 9.84. The first-order valence-corrected chi connectivity index (χ1v) is 13.7. The number of hydrogen-bond donors (Lipinski definition) is 0. The molecule has 1 atom stereocenters. The van der Waals surface area contributed by atoms with Gasteiger partial charge in [-0.15, -0.1) is 0 Å². The average Bonchev–Trinajstić information content (AvgIpc) is 3.53. The zero-order valence-electron chi connectivity index (χ0n) is 21.8. The fourth-order valence-electron chi connectivity index (χ4n) is 5.78. The first-order chi connectivity index (χ1) is 17.9. The van der Waals surface area contributed by atoms with Gasteiger partial charge in [0.2, 0.25) is 11.9 Å². The Morgan fingerprint density at radius 1 is 1.19 bits per heavy atom. The Bertz CT molecular complexity index is 1340. The van der Waals surface area contributed by atoms with E-state index in [2.05, 4.69) is 27.4 Å². The summed E-state index contributed by atoms with van der Waals surface area (Å²) in [6, 6.07) is 5.53. The van der Waals surface area contributed by atoms with Crippen molar-refractivity contribution in [2.75, 3.05) is 25.0 Å². The monoisotopic (exact) mass is 519 g/mol. The second-order valence-electron chi connectivity index (χ2n) is 10.6. The molecule has 0 unspecified atom stereocenters. The van der Waals surface area contributed by atoms with Crippen molar-refractivity contribution in [2.24, 2.45) is 11.8 Å². The smallest absolute Gasteiger partial charge is 0.245 e. The molecule has 3 aromatic heterocycles. The summed E-state index contributed by atoms with van der Waals surface area (Å²) in [5, 5.41) is 10.3. The summed E-state index contributed by atoms with van der Waals surface area (Å²) in [5.41, 5.74) is 3.28. The van der Waals surface area contributed by atoms with Crippen molar-refractivity contribution in [2.45, 2.75) is 65.0 Å². The quantitative estimate of drug-likeness (QED) is 0.439. The van der Waals surface area contributed by atoms with Crippen LogP contribution >= 0.6 is 11.6 Å². The Kier molecular flexibility index (Phi) is 7.34. The molecular formula is C28H34ClN7O. The Balaban J connectivity index is 1.69. The zero-order valence-corrected chi connectivity index (χ0v) is 22.6. The first-order valence-electron chi connectivity index (χ1n) is 13.3. The van der Waals surface area contributed by atoms with E-state index in [1.54, 1.807) is 23.4 Å². The topological polar surface area (TPSA) is 90.9 Å². The molecule has 1 saturated carbocycles. The molecule has 37 heavy (non-hydrogen) atoms. The Labute approximate surface area is 223 Å². The van der Waals surface area contributed by atoms with Crippen molar-refractivity contribution < 1.29 is 4.79 Å². The van der Waals surface area contributed by atoms with Crippen LogP contribution < -0.4 is 4.90 Å². The Hall–Kier alpha value is -3.18. The summed E-state index contributed by atoms with van der Waals surface area (Å²) >= 11 is 6.31. The van der Waals surface area contributed by atoms with E-state index in [1.165, 1.54) is 25.7 Å². The van der Waals surface area contributed by atoms with Gasteiger partial charge in [0.15, 0.2) is 0 Å². The van der Waals surface area contributed by atoms with Gasteiger partial charge < -0.3 is 14.4 Å². The lowest BCUT2D eigenvalue weighted by Gasteiger charge is -2.31. The van der Waals surface area contributed by atoms with Crippen molar-refractivity contribution in [3.05, 3.63) is 35.2 Å². The summed E-state index contributed by atoms with van der Waals surface area (Å²) < 4.78 is 2.26. The van der Waals surface area contributed by atoms with Crippen LogP contribution in [0.5, 0.6) is 0 Å². The highest BCUT2D eigenvalue weighted by molar-refractivity contribution is 6.30. The predicted octanol–water partition coefficient (Wildman–Crippen LogP) is 5.29. The highest BCUT2D eigenvalue weighted by Gasteiger charge is 2.36. The largest absolute Gasteiger partial charge is 0.344 e. The van der Waals surface area contributed by atoms with Gasteiger partial charge in [-0.1, -0.05) is 31.4 Å². The molecule has 2 fully saturated rings. The van der Waals surface area contributed by atoms with E-state index in [0.29, 0.717) is 34.4 Å². The molecule has 1 amide bonds. The molecule has 2 aliphatic rings. The summed E-state index contributed by atoms with van der Waals surface area (Å²) in [6.45, 7) is 6.56. The van der Waals surface area contributed by atoms with Gasteiger partial charge in [0, 0.05) is 50.7 Å². The van der Waals surface area contributed by atoms with Crippen LogP contribution in [0.15, 0.2) is 24.5 Å². The number of likely N-dealkylation sites (N-methyl/N-ethyl adjacent to an activating group) is 1. The molecule has 0 spiro atoms. The molecule has 9 heteroatoms. The maximum absolute atomic E-state index is 13.3. The van der Waals surface area contributed by atoms with Gasteiger partial charge in [-0.2, -0.15) is 5.26 Å². The number of aromatic nitrogens is 4. The maximum Gasteiger partial charge on any atom is 0.245 e. The number of anilines is 1. The predicted molar refractivity (Wildman–Crippen MR) is 145 cm³/mol. The molecule has 1 aliphatic carbocycles. The number of carbonyl (C=O) groups excluding carboxylic acids is 1. The van der Waals surface area contributed by atoms with Crippen LogP contribution in [-0.4, -0.2) is 56.5 Å². The number of imidazole rings is 1. The lowest BCUT2D eigenvalue weighted by molar-refractivity contribution is -0.130. The molecule has 1 saturated heterocycles. The SMILES string of the molecule is CCN(C)C(=O)[C@@H]1CCCN1c1nc2cc(C#N)nc(-c3cncc(Cl)c3)c2n1C[C@H]1CC[C@H](C)CC1. The van der Waals surface area contributed by atoms with Gasteiger partial charge >= 0.3 is 0 Å². The molecule has 3 aromatic rings. The molecule has 8 nitrogen and oxygen atoms in total. The third kappa shape index (κ3) is 5.02.